The minimum Gasteiger partial charge on any atom is -0.454 e. The molecule has 142 valence electrons. The van der Waals surface area contributed by atoms with Crippen molar-refractivity contribution < 1.29 is 18.7 Å². The third-order valence-corrected chi connectivity index (χ3v) is 4.36. The van der Waals surface area contributed by atoms with Gasteiger partial charge in [-0.3, -0.25) is 10.1 Å². The third kappa shape index (κ3) is 4.03. The van der Waals surface area contributed by atoms with Gasteiger partial charge in [0.05, 0.1) is 6.42 Å². The van der Waals surface area contributed by atoms with Crippen LogP contribution in [0.3, 0.4) is 0 Å². The van der Waals surface area contributed by atoms with Gasteiger partial charge < -0.3 is 13.9 Å². The van der Waals surface area contributed by atoms with Gasteiger partial charge in [0.15, 0.2) is 11.5 Å². The summed E-state index contributed by atoms with van der Waals surface area (Å²) in [5.74, 6) is 1.45. The second-order valence-electron chi connectivity index (χ2n) is 6.54. The van der Waals surface area contributed by atoms with E-state index < -0.39 is 0 Å². The Balaban J connectivity index is 1.37. The fraction of sp³-hybridized carbons (Fsp3) is 0.190. The monoisotopic (exact) mass is 377 g/mol. The van der Waals surface area contributed by atoms with Gasteiger partial charge in [0.25, 0.3) is 5.91 Å². The maximum Gasteiger partial charge on any atom is 0.322 e. The Hall–Kier alpha value is -3.61. The number of aryl methyl sites for hydroxylation is 2. The Morgan fingerprint density at radius 1 is 1.11 bits per heavy atom. The first-order valence-electron chi connectivity index (χ1n) is 8.84. The van der Waals surface area contributed by atoms with E-state index in [-0.39, 0.29) is 18.7 Å². The number of fused-ring (bicyclic) bond motifs is 1. The lowest BCUT2D eigenvalue weighted by atomic mass is 10.0. The Bertz CT molecular complexity index is 1060. The number of anilines is 1. The summed E-state index contributed by atoms with van der Waals surface area (Å²) in [5.41, 5.74) is 4.29. The van der Waals surface area contributed by atoms with Gasteiger partial charge in [-0.05, 0) is 48.7 Å². The summed E-state index contributed by atoms with van der Waals surface area (Å²) >= 11 is 0. The zero-order valence-corrected chi connectivity index (χ0v) is 15.6. The molecule has 7 heteroatoms. The predicted molar refractivity (Wildman–Crippen MR) is 103 cm³/mol. The van der Waals surface area contributed by atoms with E-state index in [0.717, 1.165) is 16.7 Å². The molecule has 0 fully saturated rings. The smallest absolute Gasteiger partial charge is 0.322 e. The van der Waals surface area contributed by atoms with Gasteiger partial charge in [0, 0.05) is 6.08 Å². The number of benzene rings is 2. The largest absolute Gasteiger partial charge is 0.454 e. The number of carbonyl (C=O) groups is 1. The molecule has 1 amide bonds. The van der Waals surface area contributed by atoms with Gasteiger partial charge in [0.1, 0.15) is 0 Å². The van der Waals surface area contributed by atoms with E-state index in [1.54, 1.807) is 18.2 Å². The van der Waals surface area contributed by atoms with Gasteiger partial charge in [-0.2, -0.15) is 0 Å². The van der Waals surface area contributed by atoms with Crippen molar-refractivity contribution in [2.75, 3.05) is 12.1 Å². The molecule has 0 saturated heterocycles. The Labute approximate surface area is 162 Å². The lowest BCUT2D eigenvalue weighted by Crippen LogP contribution is -2.07. The summed E-state index contributed by atoms with van der Waals surface area (Å²) in [5, 5.41) is 10.5. The molecule has 1 aliphatic rings. The molecule has 3 aromatic rings. The van der Waals surface area contributed by atoms with Crippen molar-refractivity contribution in [3.8, 4) is 11.5 Å². The molecule has 4 rings (SSSR count). The molecule has 1 aromatic heterocycles. The second-order valence-corrected chi connectivity index (χ2v) is 6.54. The van der Waals surface area contributed by atoms with Gasteiger partial charge in [-0.15, -0.1) is 5.10 Å². The Morgan fingerprint density at radius 2 is 1.96 bits per heavy atom. The predicted octanol–water partition coefficient (Wildman–Crippen LogP) is 3.66. The highest BCUT2D eigenvalue weighted by atomic mass is 16.7. The molecule has 0 aliphatic carbocycles. The highest BCUT2D eigenvalue weighted by molar-refractivity contribution is 6.00. The van der Waals surface area contributed by atoms with Crippen molar-refractivity contribution in [1.29, 1.82) is 0 Å². The summed E-state index contributed by atoms with van der Waals surface area (Å²) in [6, 6.07) is 11.7. The normalized spacial score (nSPS) is 12.5. The molecule has 0 radical (unpaired) electrons. The highest BCUT2D eigenvalue weighted by Gasteiger charge is 2.13. The van der Waals surface area contributed by atoms with Crippen LogP contribution in [0.4, 0.5) is 6.01 Å². The number of amides is 1. The molecular weight excluding hydrogens is 358 g/mol. The first-order chi connectivity index (χ1) is 13.6. The number of aromatic nitrogens is 2. The van der Waals surface area contributed by atoms with Crippen LogP contribution in [0.25, 0.3) is 6.08 Å². The van der Waals surface area contributed by atoms with Crippen LogP contribution in [0.1, 0.15) is 28.1 Å². The van der Waals surface area contributed by atoms with Gasteiger partial charge in [0.2, 0.25) is 12.7 Å². The van der Waals surface area contributed by atoms with Crippen molar-refractivity contribution >= 4 is 18.0 Å². The molecule has 0 bridgehead atoms. The number of nitrogens with one attached hydrogen (secondary N) is 1. The Kier molecular flexibility index (Phi) is 4.80. The van der Waals surface area contributed by atoms with Crippen molar-refractivity contribution in [2.24, 2.45) is 0 Å². The van der Waals surface area contributed by atoms with Crippen molar-refractivity contribution in [3.63, 3.8) is 0 Å². The fourth-order valence-electron chi connectivity index (χ4n) is 2.92. The van der Waals surface area contributed by atoms with Gasteiger partial charge in [-0.1, -0.05) is 34.9 Å². The molecule has 1 N–H and O–H groups in total. The zero-order valence-electron chi connectivity index (χ0n) is 15.6. The minimum atomic E-state index is -0.362. The van der Waals surface area contributed by atoms with Crippen LogP contribution in [-0.2, 0) is 11.2 Å². The first-order valence-corrected chi connectivity index (χ1v) is 8.84. The molecular formula is C21H19N3O4. The molecule has 0 spiro atoms. The van der Waals surface area contributed by atoms with Crippen LogP contribution in [-0.4, -0.2) is 22.9 Å². The van der Waals surface area contributed by atoms with E-state index in [0.29, 0.717) is 23.8 Å². The molecule has 0 unspecified atom stereocenters. The van der Waals surface area contributed by atoms with Crippen molar-refractivity contribution in [3.05, 3.63) is 70.6 Å². The van der Waals surface area contributed by atoms with E-state index in [1.807, 2.05) is 32.0 Å². The van der Waals surface area contributed by atoms with E-state index in [1.165, 1.54) is 11.6 Å². The standard InChI is InChI=1S/C21H19N3O4/c1-13-3-6-16(14(2)9-13)11-20-23-24-21(28-20)22-19(25)8-5-15-4-7-17-18(10-15)27-12-26-17/h3-10H,11-12H2,1-2H3,(H,22,24,25). The van der Waals surface area contributed by atoms with Crippen molar-refractivity contribution in [1.82, 2.24) is 10.2 Å². The number of hydrogen-bond donors (Lipinski definition) is 1. The minimum absolute atomic E-state index is 0.0695. The molecule has 7 nitrogen and oxygen atoms in total. The summed E-state index contributed by atoms with van der Waals surface area (Å²) in [4.78, 5) is 12.1. The van der Waals surface area contributed by atoms with E-state index in [4.69, 9.17) is 13.9 Å². The number of rotatable bonds is 5. The fourth-order valence-corrected chi connectivity index (χ4v) is 2.92. The molecule has 0 saturated carbocycles. The van der Waals surface area contributed by atoms with Crippen LogP contribution in [0.15, 0.2) is 46.9 Å². The van der Waals surface area contributed by atoms with Crippen LogP contribution in [0.5, 0.6) is 11.5 Å². The van der Waals surface area contributed by atoms with Crippen LogP contribution in [0.2, 0.25) is 0 Å². The van der Waals surface area contributed by atoms with Crippen molar-refractivity contribution in [2.45, 2.75) is 20.3 Å². The van der Waals surface area contributed by atoms with Crippen LogP contribution >= 0.6 is 0 Å². The van der Waals surface area contributed by atoms with Gasteiger partial charge >= 0.3 is 6.01 Å². The Morgan fingerprint density at radius 3 is 2.82 bits per heavy atom. The molecule has 28 heavy (non-hydrogen) atoms. The molecule has 1 aliphatic heterocycles. The van der Waals surface area contributed by atoms with Gasteiger partial charge in [-0.25, -0.2) is 0 Å². The third-order valence-electron chi connectivity index (χ3n) is 4.36. The first kappa shape index (κ1) is 17.8. The van der Waals surface area contributed by atoms with Crippen LogP contribution < -0.4 is 14.8 Å². The second kappa shape index (κ2) is 7.56. The highest BCUT2D eigenvalue weighted by Crippen LogP contribution is 2.32. The lowest BCUT2D eigenvalue weighted by molar-refractivity contribution is -0.112. The molecule has 2 aromatic carbocycles. The SMILES string of the molecule is Cc1ccc(Cc2nnc(NC(=O)C=Cc3ccc4c(c3)OCO4)o2)c(C)c1. The maximum absolute atomic E-state index is 12.1. The number of carbonyl (C=O) groups excluding carboxylic acids is 1. The van der Waals surface area contributed by atoms with E-state index in [9.17, 15) is 4.79 Å². The topological polar surface area (TPSA) is 86.5 Å². The maximum atomic E-state index is 12.1. The number of hydrogen-bond acceptors (Lipinski definition) is 6. The summed E-state index contributed by atoms with van der Waals surface area (Å²) < 4.78 is 16.1. The van der Waals surface area contributed by atoms with E-state index in [2.05, 4.69) is 21.6 Å². The van der Waals surface area contributed by atoms with E-state index >= 15 is 0 Å². The summed E-state index contributed by atoms with van der Waals surface area (Å²) in [6.07, 6.45) is 3.58. The number of ether oxygens (including phenoxy) is 2. The quantitative estimate of drug-likeness (QED) is 0.683. The van der Waals surface area contributed by atoms with Crippen LogP contribution in [0, 0.1) is 13.8 Å². The average molecular weight is 377 g/mol. The average Bonchev–Trinajstić information content (AvgIpc) is 3.31. The summed E-state index contributed by atoms with van der Waals surface area (Å²) in [6.45, 7) is 4.31. The summed E-state index contributed by atoms with van der Waals surface area (Å²) in [7, 11) is 0. The molecule has 2 heterocycles. The number of nitrogens with zero attached hydrogens (tertiary/aromatic N) is 2. The lowest BCUT2D eigenvalue weighted by Gasteiger charge is -2.03. The zero-order chi connectivity index (χ0) is 19.5. The molecule has 0 atom stereocenters.